The van der Waals surface area contributed by atoms with E-state index in [-0.39, 0.29) is 24.5 Å². The number of aliphatic hydroxyl groups excluding tert-OH is 1. The van der Waals surface area contributed by atoms with Crippen LogP contribution in [0, 0.1) is 5.92 Å². The van der Waals surface area contributed by atoms with Crippen molar-refractivity contribution >= 4 is 5.91 Å². The molecule has 0 aromatic carbocycles. The Morgan fingerprint density at radius 2 is 2.18 bits per heavy atom. The third-order valence-electron chi connectivity index (χ3n) is 1.45. The quantitative estimate of drug-likeness (QED) is 0.487. The van der Waals surface area contributed by atoms with E-state index in [0.717, 1.165) is 0 Å². The topological polar surface area (TPSA) is 75.3 Å². The number of nitrogens with one attached hydrogen (secondary N) is 1. The normalized spacial score (nSPS) is 13.5. The van der Waals surface area contributed by atoms with Crippen LogP contribution in [0.4, 0.5) is 0 Å². The van der Waals surface area contributed by atoms with Gasteiger partial charge in [0.05, 0.1) is 12.6 Å². The lowest BCUT2D eigenvalue weighted by molar-refractivity contribution is -0.121. The fourth-order valence-electron chi connectivity index (χ4n) is 0.885. The van der Waals surface area contributed by atoms with Gasteiger partial charge in [-0.1, -0.05) is 13.8 Å². The zero-order chi connectivity index (χ0) is 8.85. The lowest BCUT2D eigenvalue weighted by Crippen LogP contribution is -2.45. The summed E-state index contributed by atoms with van der Waals surface area (Å²) in [6, 6.07) is -0.331. The minimum absolute atomic E-state index is 0.0243. The Kier molecular flexibility index (Phi) is 4.81. The second-order valence-electron chi connectivity index (χ2n) is 2.80. The van der Waals surface area contributed by atoms with Crippen molar-refractivity contribution in [2.75, 3.05) is 13.2 Å². The van der Waals surface area contributed by atoms with Gasteiger partial charge in [-0.05, 0) is 5.92 Å². The first-order valence-electron chi connectivity index (χ1n) is 3.73. The molecule has 0 saturated heterocycles. The van der Waals surface area contributed by atoms with E-state index in [9.17, 15) is 4.79 Å². The molecule has 0 rings (SSSR count). The molecule has 0 saturated carbocycles. The van der Waals surface area contributed by atoms with Crippen molar-refractivity contribution in [2.45, 2.75) is 19.9 Å². The SMILES string of the molecule is CC(C)C(NCCO)C(N)=O. The first-order chi connectivity index (χ1) is 5.09. The molecule has 0 radical (unpaired) electrons. The van der Waals surface area contributed by atoms with Crippen LogP contribution in [0.2, 0.25) is 0 Å². The summed E-state index contributed by atoms with van der Waals surface area (Å²) in [5.41, 5.74) is 5.10. The van der Waals surface area contributed by atoms with Crippen LogP contribution >= 0.6 is 0 Å². The summed E-state index contributed by atoms with van der Waals surface area (Å²) in [6.07, 6.45) is 0. The van der Waals surface area contributed by atoms with Crippen molar-refractivity contribution in [2.24, 2.45) is 11.7 Å². The van der Waals surface area contributed by atoms with Crippen LogP contribution in [0.1, 0.15) is 13.8 Å². The van der Waals surface area contributed by atoms with Gasteiger partial charge < -0.3 is 16.2 Å². The number of aliphatic hydroxyl groups is 1. The van der Waals surface area contributed by atoms with Crippen LogP contribution < -0.4 is 11.1 Å². The Balaban J connectivity index is 3.80. The molecule has 1 unspecified atom stereocenters. The summed E-state index contributed by atoms with van der Waals surface area (Å²) in [6.45, 7) is 4.24. The molecule has 1 amide bonds. The van der Waals surface area contributed by atoms with E-state index in [4.69, 9.17) is 10.8 Å². The smallest absolute Gasteiger partial charge is 0.234 e. The molecule has 0 heterocycles. The molecule has 0 aromatic rings. The van der Waals surface area contributed by atoms with Crippen molar-refractivity contribution in [3.63, 3.8) is 0 Å². The van der Waals surface area contributed by atoms with Crippen molar-refractivity contribution < 1.29 is 9.90 Å². The Bertz CT molecular complexity index is 126. The molecule has 0 spiro atoms. The van der Waals surface area contributed by atoms with Gasteiger partial charge >= 0.3 is 0 Å². The summed E-state index contributed by atoms with van der Waals surface area (Å²) in [5, 5.41) is 11.3. The molecule has 0 aliphatic heterocycles. The number of carbonyl (C=O) groups excluding carboxylic acids is 1. The molecule has 4 N–H and O–H groups in total. The fourth-order valence-corrected chi connectivity index (χ4v) is 0.885. The van der Waals surface area contributed by atoms with Gasteiger partial charge in [0.15, 0.2) is 0 Å². The van der Waals surface area contributed by atoms with Gasteiger partial charge in [0.2, 0.25) is 5.91 Å². The fraction of sp³-hybridized carbons (Fsp3) is 0.857. The Hall–Kier alpha value is -0.610. The number of primary amides is 1. The summed E-state index contributed by atoms with van der Waals surface area (Å²) < 4.78 is 0. The highest BCUT2D eigenvalue weighted by molar-refractivity contribution is 5.80. The van der Waals surface area contributed by atoms with Gasteiger partial charge in [0.25, 0.3) is 0 Å². The third-order valence-corrected chi connectivity index (χ3v) is 1.45. The molecular weight excluding hydrogens is 144 g/mol. The van der Waals surface area contributed by atoms with Crippen LogP contribution in [-0.2, 0) is 4.79 Å². The van der Waals surface area contributed by atoms with Gasteiger partial charge in [0, 0.05) is 6.54 Å². The molecule has 0 bridgehead atoms. The van der Waals surface area contributed by atoms with E-state index in [2.05, 4.69) is 5.32 Å². The van der Waals surface area contributed by atoms with E-state index in [1.807, 2.05) is 13.8 Å². The maximum atomic E-state index is 10.7. The van der Waals surface area contributed by atoms with Crippen LogP contribution in [0.3, 0.4) is 0 Å². The number of hydrogen-bond donors (Lipinski definition) is 3. The zero-order valence-electron chi connectivity index (χ0n) is 7.00. The maximum Gasteiger partial charge on any atom is 0.234 e. The number of hydrogen-bond acceptors (Lipinski definition) is 3. The monoisotopic (exact) mass is 160 g/mol. The molecule has 11 heavy (non-hydrogen) atoms. The highest BCUT2D eigenvalue weighted by atomic mass is 16.3. The Morgan fingerprint density at radius 3 is 2.45 bits per heavy atom. The number of amides is 1. The molecule has 0 aliphatic rings. The molecular formula is C7H16N2O2. The standard InChI is InChI=1S/C7H16N2O2/c1-5(2)6(7(8)11)9-3-4-10/h5-6,9-10H,3-4H2,1-2H3,(H2,8,11). The highest BCUT2D eigenvalue weighted by Gasteiger charge is 2.17. The van der Waals surface area contributed by atoms with Gasteiger partial charge in [-0.25, -0.2) is 0 Å². The summed E-state index contributed by atoms with van der Waals surface area (Å²) in [7, 11) is 0. The van der Waals surface area contributed by atoms with E-state index in [0.29, 0.717) is 6.54 Å². The number of rotatable bonds is 5. The first kappa shape index (κ1) is 10.4. The minimum Gasteiger partial charge on any atom is -0.395 e. The maximum absolute atomic E-state index is 10.7. The van der Waals surface area contributed by atoms with Crippen molar-refractivity contribution in [1.82, 2.24) is 5.32 Å². The molecule has 66 valence electrons. The van der Waals surface area contributed by atoms with Crippen LogP contribution in [-0.4, -0.2) is 30.2 Å². The van der Waals surface area contributed by atoms with E-state index in [1.54, 1.807) is 0 Å². The average molecular weight is 160 g/mol. The van der Waals surface area contributed by atoms with Crippen LogP contribution in [0.15, 0.2) is 0 Å². The Morgan fingerprint density at radius 1 is 1.64 bits per heavy atom. The molecule has 0 fully saturated rings. The number of carbonyl (C=O) groups is 1. The third kappa shape index (κ3) is 3.95. The van der Waals surface area contributed by atoms with Gasteiger partial charge in [-0.2, -0.15) is 0 Å². The average Bonchev–Trinajstić information content (AvgIpc) is 1.87. The van der Waals surface area contributed by atoms with E-state index in [1.165, 1.54) is 0 Å². The van der Waals surface area contributed by atoms with Gasteiger partial charge in [-0.15, -0.1) is 0 Å². The van der Waals surface area contributed by atoms with Gasteiger partial charge in [-0.3, -0.25) is 4.79 Å². The van der Waals surface area contributed by atoms with E-state index < -0.39 is 0 Å². The molecule has 1 atom stereocenters. The minimum atomic E-state index is -0.367. The van der Waals surface area contributed by atoms with Crippen molar-refractivity contribution in [3.05, 3.63) is 0 Å². The lowest BCUT2D eigenvalue weighted by Gasteiger charge is -2.17. The second kappa shape index (κ2) is 5.09. The van der Waals surface area contributed by atoms with Crippen LogP contribution in [0.25, 0.3) is 0 Å². The van der Waals surface area contributed by atoms with Gasteiger partial charge in [0.1, 0.15) is 0 Å². The predicted molar refractivity (Wildman–Crippen MR) is 42.9 cm³/mol. The largest absolute Gasteiger partial charge is 0.395 e. The summed E-state index contributed by atoms with van der Waals surface area (Å²) in [4.78, 5) is 10.7. The molecule has 4 heteroatoms. The van der Waals surface area contributed by atoms with Crippen molar-refractivity contribution in [1.29, 1.82) is 0 Å². The lowest BCUT2D eigenvalue weighted by atomic mass is 10.0. The van der Waals surface area contributed by atoms with Crippen molar-refractivity contribution in [3.8, 4) is 0 Å². The highest BCUT2D eigenvalue weighted by Crippen LogP contribution is 1.99. The first-order valence-corrected chi connectivity index (χ1v) is 3.73. The zero-order valence-corrected chi connectivity index (χ0v) is 7.00. The molecule has 0 aliphatic carbocycles. The summed E-state index contributed by atoms with van der Waals surface area (Å²) >= 11 is 0. The molecule has 0 aromatic heterocycles. The van der Waals surface area contributed by atoms with E-state index >= 15 is 0 Å². The summed E-state index contributed by atoms with van der Waals surface area (Å²) in [5.74, 6) is -0.201. The molecule has 4 nitrogen and oxygen atoms in total. The predicted octanol–water partition coefficient (Wildman–Crippen LogP) is -0.922. The van der Waals surface area contributed by atoms with Crippen LogP contribution in [0.5, 0.6) is 0 Å². The Labute approximate surface area is 66.8 Å². The second-order valence-corrected chi connectivity index (χ2v) is 2.80. The number of nitrogens with two attached hydrogens (primary N) is 1.